The van der Waals surface area contributed by atoms with E-state index in [1.165, 1.54) is 0 Å². The van der Waals surface area contributed by atoms with Crippen molar-refractivity contribution in [1.82, 2.24) is 0 Å². The molecule has 0 aromatic carbocycles. The summed E-state index contributed by atoms with van der Waals surface area (Å²) in [6.07, 6.45) is 0.632. The van der Waals surface area contributed by atoms with Gasteiger partial charge in [-0.05, 0) is 5.92 Å². The largest absolute Gasteiger partial charge is 0.515 e. The van der Waals surface area contributed by atoms with Gasteiger partial charge in [-0.3, -0.25) is 0 Å². The molecule has 0 aliphatic heterocycles. The van der Waals surface area contributed by atoms with E-state index in [9.17, 15) is 4.79 Å². The van der Waals surface area contributed by atoms with Gasteiger partial charge in [-0.1, -0.05) is 13.8 Å². The van der Waals surface area contributed by atoms with E-state index < -0.39 is 5.97 Å². The lowest BCUT2D eigenvalue weighted by atomic mass is 10.1. The molecule has 0 rings (SSSR count). The lowest BCUT2D eigenvalue weighted by Crippen LogP contribution is -2.06. The fourth-order valence-corrected chi connectivity index (χ4v) is 0.451. The molecule has 52 valence electrons. The molecule has 0 heterocycles. The Hall–Kier alpha value is -0.990. The van der Waals surface area contributed by atoms with Crippen molar-refractivity contribution in [3.05, 3.63) is 11.8 Å². The van der Waals surface area contributed by atoms with Crippen molar-refractivity contribution in [2.45, 2.75) is 13.8 Å². The Labute approximate surface area is 53.6 Å². The molecule has 0 saturated heterocycles. The Balaban J connectivity index is 4.19. The monoisotopic (exact) mass is 130 g/mol. The first kappa shape index (κ1) is 8.01. The summed E-state index contributed by atoms with van der Waals surface area (Å²) in [5.74, 6) is -1.19. The topological polar surface area (TPSA) is 57.5 Å². The van der Waals surface area contributed by atoms with Crippen LogP contribution in [0.5, 0.6) is 0 Å². The Morgan fingerprint density at radius 2 is 2.00 bits per heavy atom. The maximum Gasteiger partial charge on any atom is 0.334 e. The molecule has 0 unspecified atom stereocenters. The summed E-state index contributed by atoms with van der Waals surface area (Å²) < 4.78 is 0. The minimum absolute atomic E-state index is 0.0370. The van der Waals surface area contributed by atoms with Gasteiger partial charge in [-0.2, -0.15) is 0 Å². The van der Waals surface area contributed by atoms with Crippen LogP contribution in [0.15, 0.2) is 11.8 Å². The number of aliphatic carboxylic acids is 1. The lowest BCUT2D eigenvalue weighted by Gasteiger charge is -2.01. The Morgan fingerprint density at radius 1 is 1.56 bits per heavy atom. The molecule has 0 radical (unpaired) electrons. The molecule has 0 aromatic heterocycles. The molecule has 0 fully saturated rings. The van der Waals surface area contributed by atoms with Gasteiger partial charge < -0.3 is 10.2 Å². The first-order valence-corrected chi connectivity index (χ1v) is 2.67. The minimum Gasteiger partial charge on any atom is -0.515 e. The fourth-order valence-electron chi connectivity index (χ4n) is 0.451. The van der Waals surface area contributed by atoms with Crippen LogP contribution in [0.3, 0.4) is 0 Å². The molecule has 3 nitrogen and oxygen atoms in total. The molecule has 0 bridgehead atoms. The molecule has 3 heteroatoms. The Kier molecular flexibility index (Phi) is 2.78. The summed E-state index contributed by atoms with van der Waals surface area (Å²) in [6.45, 7) is 3.41. The zero-order valence-electron chi connectivity index (χ0n) is 5.46. The second-order valence-electron chi connectivity index (χ2n) is 2.04. The smallest absolute Gasteiger partial charge is 0.334 e. The summed E-state index contributed by atoms with van der Waals surface area (Å²) in [4.78, 5) is 10.1. The van der Waals surface area contributed by atoms with Gasteiger partial charge in [0.2, 0.25) is 0 Å². The van der Waals surface area contributed by atoms with Crippen molar-refractivity contribution in [1.29, 1.82) is 0 Å². The average molecular weight is 130 g/mol. The zero-order valence-corrected chi connectivity index (χ0v) is 5.46. The molecular formula is C6H10O3. The maximum atomic E-state index is 10.1. The number of carboxylic acids is 1. The van der Waals surface area contributed by atoms with E-state index in [0.29, 0.717) is 6.26 Å². The van der Waals surface area contributed by atoms with Crippen LogP contribution in [0.4, 0.5) is 0 Å². The van der Waals surface area contributed by atoms with Crippen LogP contribution >= 0.6 is 0 Å². The number of rotatable bonds is 2. The maximum absolute atomic E-state index is 10.1. The number of aliphatic hydroxyl groups excluding tert-OH is 1. The molecular weight excluding hydrogens is 120 g/mol. The molecule has 0 atom stereocenters. The van der Waals surface area contributed by atoms with Crippen LogP contribution in [0.1, 0.15) is 13.8 Å². The van der Waals surface area contributed by atoms with Crippen LogP contribution in [0.25, 0.3) is 0 Å². The van der Waals surface area contributed by atoms with Crippen LogP contribution in [-0.2, 0) is 4.79 Å². The minimum atomic E-state index is -1.06. The molecule has 0 saturated carbocycles. The van der Waals surface area contributed by atoms with Gasteiger partial charge >= 0.3 is 5.97 Å². The lowest BCUT2D eigenvalue weighted by molar-refractivity contribution is -0.133. The van der Waals surface area contributed by atoms with Gasteiger partial charge in [0, 0.05) is 0 Å². The number of hydrogen-bond donors (Lipinski definition) is 2. The van der Waals surface area contributed by atoms with Crippen LogP contribution in [-0.4, -0.2) is 16.2 Å². The molecule has 9 heavy (non-hydrogen) atoms. The summed E-state index contributed by atoms with van der Waals surface area (Å²) >= 11 is 0. The first-order valence-electron chi connectivity index (χ1n) is 2.67. The average Bonchev–Trinajstić information content (AvgIpc) is 1.64. The SMILES string of the molecule is CC(C)/C(=C/O)C(=O)O. The molecule has 0 aliphatic carbocycles. The highest BCUT2D eigenvalue weighted by atomic mass is 16.4. The summed E-state index contributed by atoms with van der Waals surface area (Å²) in [6, 6.07) is 0. The van der Waals surface area contributed by atoms with Crippen LogP contribution in [0, 0.1) is 5.92 Å². The highest BCUT2D eigenvalue weighted by Gasteiger charge is 2.10. The second-order valence-corrected chi connectivity index (χ2v) is 2.04. The molecule has 0 aromatic rings. The van der Waals surface area contributed by atoms with Gasteiger partial charge in [0.15, 0.2) is 0 Å². The van der Waals surface area contributed by atoms with E-state index in [2.05, 4.69) is 0 Å². The quantitative estimate of drug-likeness (QED) is 0.435. The normalized spacial score (nSPS) is 12.1. The van der Waals surface area contributed by atoms with E-state index in [1.54, 1.807) is 13.8 Å². The number of aliphatic hydroxyl groups is 1. The first-order chi connectivity index (χ1) is 4.09. The van der Waals surface area contributed by atoms with Crippen molar-refractivity contribution >= 4 is 5.97 Å². The second kappa shape index (κ2) is 3.12. The standard InChI is InChI=1S/C6H10O3/c1-4(2)5(3-7)6(8)9/h3-4,7H,1-2H3,(H,8,9)/b5-3-. The van der Waals surface area contributed by atoms with Crippen molar-refractivity contribution in [2.75, 3.05) is 0 Å². The number of carbonyl (C=O) groups is 1. The number of hydrogen-bond acceptors (Lipinski definition) is 2. The van der Waals surface area contributed by atoms with E-state index >= 15 is 0 Å². The fraction of sp³-hybridized carbons (Fsp3) is 0.500. The van der Waals surface area contributed by atoms with E-state index in [-0.39, 0.29) is 11.5 Å². The highest BCUT2D eigenvalue weighted by Crippen LogP contribution is 2.07. The van der Waals surface area contributed by atoms with E-state index in [4.69, 9.17) is 10.2 Å². The molecule has 0 amide bonds. The van der Waals surface area contributed by atoms with Gasteiger partial charge in [-0.25, -0.2) is 4.79 Å². The Morgan fingerprint density at radius 3 is 2.00 bits per heavy atom. The number of carboxylic acid groups (broad SMARTS) is 1. The third-order valence-corrected chi connectivity index (χ3v) is 1.01. The summed E-state index contributed by atoms with van der Waals surface area (Å²) in [7, 11) is 0. The van der Waals surface area contributed by atoms with Crippen molar-refractivity contribution in [3.8, 4) is 0 Å². The van der Waals surface area contributed by atoms with E-state index in [0.717, 1.165) is 0 Å². The van der Waals surface area contributed by atoms with Crippen molar-refractivity contribution in [3.63, 3.8) is 0 Å². The van der Waals surface area contributed by atoms with Crippen molar-refractivity contribution < 1.29 is 15.0 Å². The summed E-state index contributed by atoms with van der Waals surface area (Å²) in [5.41, 5.74) is 0.0370. The van der Waals surface area contributed by atoms with Crippen molar-refractivity contribution in [2.24, 2.45) is 5.92 Å². The van der Waals surface area contributed by atoms with Gasteiger partial charge in [0.05, 0.1) is 11.8 Å². The van der Waals surface area contributed by atoms with Crippen LogP contribution in [0.2, 0.25) is 0 Å². The van der Waals surface area contributed by atoms with E-state index in [1.807, 2.05) is 0 Å². The predicted octanol–water partition coefficient (Wildman–Crippen LogP) is 1.17. The third-order valence-electron chi connectivity index (χ3n) is 1.01. The molecule has 0 aliphatic rings. The molecule has 2 N–H and O–H groups in total. The van der Waals surface area contributed by atoms with Gasteiger partial charge in [0.1, 0.15) is 0 Å². The zero-order chi connectivity index (χ0) is 7.44. The van der Waals surface area contributed by atoms with Crippen LogP contribution < -0.4 is 0 Å². The Bertz CT molecular complexity index is 135. The van der Waals surface area contributed by atoms with Gasteiger partial charge in [-0.15, -0.1) is 0 Å². The molecule has 0 spiro atoms. The highest BCUT2D eigenvalue weighted by molar-refractivity contribution is 5.86. The van der Waals surface area contributed by atoms with Gasteiger partial charge in [0.25, 0.3) is 0 Å². The summed E-state index contributed by atoms with van der Waals surface area (Å²) in [5, 5.41) is 16.6. The third kappa shape index (κ3) is 2.17. The predicted molar refractivity (Wildman–Crippen MR) is 33.2 cm³/mol.